The lowest BCUT2D eigenvalue weighted by Gasteiger charge is -2.35. The summed E-state index contributed by atoms with van der Waals surface area (Å²) in [6.45, 7) is 7.29. The first-order valence-electron chi connectivity index (χ1n) is 12.9. The first-order chi connectivity index (χ1) is 17.4. The van der Waals surface area contributed by atoms with Gasteiger partial charge in [-0.15, -0.1) is 11.3 Å². The predicted octanol–water partition coefficient (Wildman–Crippen LogP) is 7.07. The van der Waals surface area contributed by atoms with Crippen molar-refractivity contribution in [2.24, 2.45) is 0 Å². The van der Waals surface area contributed by atoms with E-state index in [4.69, 9.17) is 0 Å². The topological polar surface area (TPSA) is 52.7 Å². The second-order valence-corrected chi connectivity index (χ2v) is 10.9. The van der Waals surface area contributed by atoms with Crippen LogP contribution in [0.25, 0.3) is 0 Å². The van der Waals surface area contributed by atoms with Gasteiger partial charge in [0.15, 0.2) is 0 Å². The lowest BCUT2D eigenvalue weighted by Crippen LogP contribution is -2.49. The highest BCUT2D eigenvalue weighted by molar-refractivity contribution is 7.10. The van der Waals surface area contributed by atoms with Crippen molar-refractivity contribution in [1.29, 1.82) is 0 Å². The average molecular weight is 504 g/mol. The third kappa shape index (κ3) is 6.76. The van der Waals surface area contributed by atoms with E-state index in [1.807, 2.05) is 61.2 Å². The molecule has 1 aliphatic carbocycles. The van der Waals surface area contributed by atoms with Gasteiger partial charge in [-0.1, -0.05) is 67.3 Å². The van der Waals surface area contributed by atoms with Crippen LogP contribution in [0.2, 0.25) is 0 Å². The molecule has 0 atom stereocenters. The van der Waals surface area contributed by atoms with Crippen LogP contribution in [0.1, 0.15) is 59.2 Å². The fourth-order valence-corrected chi connectivity index (χ4v) is 5.84. The van der Waals surface area contributed by atoms with Crippen molar-refractivity contribution in [3.63, 3.8) is 0 Å². The van der Waals surface area contributed by atoms with Crippen molar-refractivity contribution in [3.8, 4) is 0 Å². The van der Waals surface area contributed by atoms with Crippen LogP contribution in [0.4, 0.5) is 10.5 Å². The van der Waals surface area contributed by atoms with E-state index in [-0.39, 0.29) is 24.5 Å². The van der Waals surface area contributed by atoms with Gasteiger partial charge in [-0.25, -0.2) is 4.79 Å². The molecule has 3 aromatic rings. The number of hydrogen-bond acceptors (Lipinski definition) is 3. The van der Waals surface area contributed by atoms with Gasteiger partial charge in [0.25, 0.3) is 0 Å². The largest absolute Gasteiger partial charge is 0.332 e. The maximum Gasteiger partial charge on any atom is 0.322 e. The Morgan fingerprint density at radius 1 is 0.917 bits per heavy atom. The summed E-state index contributed by atoms with van der Waals surface area (Å²) in [5.41, 5.74) is 5.27. The Labute approximate surface area is 219 Å². The number of nitrogens with zero attached hydrogens (tertiary/aromatic N) is 2. The maximum absolute atomic E-state index is 13.8. The summed E-state index contributed by atoms with van der Waals surface area (Å²) in [5.74, 6) is -0.0204. The zero-order valence-corrected chi connectivity index (χ0v) is 22.4. The van der Waals surface area contributed by atoms with Gasteiger partial charge in [-0.3, -0.25) is 4.79 Å². The number of nitrogens with one attached hydrogen (secondary N) is 1. The van der Waals surface area contributed by atoms with Crippen LogP contribution in [0, 0.1) is 20.8 Å². The molecule has 0 spiro atoms. The molecule has 0 saturated heterocycles. The molecule has 1 aliphatic rings. The third-order valence-corrected chi connectivity index (χ3v) is 8.08. The molecule has 6 heteroatoms. The number of amides is 3. The lowest BCUT2D eigenvalue weighted by molar-refractivity contribution is -0.133. The number of urea groups is 1. The molecule has 0 bridgehead atoms. The van der Waals surface area contributed by atoms with E-state index in [1.165, 1.54) is 16.9 Å². The van der Waals surface area contributed by atoms with Gasteiger partial charge in [0.2, 0.25) is 5.91 Å². The summed E-state index contributed by atoms with van der Waals surface area (Å²) in [6.07, 6.45) is 5.25. The molecule has 4 rings (SSSR count). The van der Waals surface area contributed by atoms with Gasteiger partial charge in [0, 0.05) is 23.2 Å². The highest BCUT2D eigenvalue weighted by Crippen LogP contribution is 2.25. The molecular weight excluding hydrogens is 466 g/mol. The van der Waals surface area contributed by atoms with Crippen molar-refractivity contribution in [2.45, 2.75) is 72.0 Å². The number of anilines is 1. The Morgan fingerprint density at radius 2 is 1.67 bits per heavy atom. The number of carbonyl (C=O) groups excluding carboxylic acids is 2. The molecule has 2 aromatic carbocycles. The Kier molecular flexibility index (Phi) is 8.81. The van der Waals surface area contributed by atoms with Crippen molar-refractivity contribution >= 4 is 29.0 Å². The van der Waals surface area contributed by atoms with Gasteiger partial charge in [0.05, 0.1) is 6.54 Å². The summed E-state index contributed by atoms with van der Waals surface area (Å²) in [7, 11) is 0. The number of hydrogen-bond donors (Lipinski definition) is 1. The monoisotopic (exact) mass is 503 g/mol. The molecule has 0 unspecified atom stereocenters. The number of benzene rings is 2. The standard InChI is InChI=1S/C30H37N3O2S/c1-22-14-15-27(24(3)18-22)31-30(35)33(26-12-8-5-9-13-26)21-29(34)32(19-25-10-6-4-7-11-25)20-28-23(2)16-17-36-28/h4,6-7,10-11,14-18,26H,5,8-9,12-13,19-21H2,1-3H3,(H,31,35). The van der Waals surface area contributed by atoms with Gasteiger partial charge in [-0.05, 0) is 67.8 Å². The quantitative estimate of drug-likeness (QED) is 0.357. The smallest absolute Gasteiger partial charge is 0.322 e. The van der Waals surface area contributed by atoms with E-state index in [1.54, 1.807) is 16.2 Å². The van der Waals surface area contributed by atoms with E-state index >= 15 is 0 Å². The summed E-state index contributed by atoms with van der Waals surface area (Å²) < 4.78 is 0. The molecule has 1 N–H and O–H groups in total. The van der Waals surface area contributed by atoms with Gasteiger partial charge < -0.3 is 15.1 Å². The summed E-state index contributed by atoms with van der Waals surface area (Å²) in [5, 5.41) is 5.17. The van der Waals surface area contributed by atoms with Crippen LogP contribution in [0.3, 0.4) is 0 Å². The second kappa shape index (κ2) is 12.2. The fourth-order valence-electron chi connectivity index (χ4n) is 4.92. The zero-order chi connectivity index (χ0) is 25.5. The SMILES string of the molecule is Cc1ccc(NC(=O)N(CC(=O)N(Cc2ccccc2)Cc2sccc2C)C2CCCCC2)c(C)c1. The molecular formula is C30H37N3O2S. The number of aryl methyl sites for hydroxylation is 3. The van der Waals surface area contributed by atoms with Crippen LogP contribution in [-0.4, -0.2) is 34.3 Å². The van der Waals surface area contributed by atoms with Crippen LogP contribution in [0.15, 0.2) is 60.0 Å². The molecule has 0 radical (unpaired) electrons. The molecule has 1 heterocycles. The molecule has 1 aromatic heterocycles. The summed E-state index contributed by atoms with van der Waals surface area (Å²) in [4.78, 5) is 32.3. The van der Waals surface area contributed by atoms with Crippen molar-refractivity contribution in [1.82, 2.24) is 9.80 Å². The average Bonchev–Trinajstić information content (AvgIpc) is 3.29. The Morgan fingerprint density at radius 3 is 2.33 bits per heavy atom. The highest BCUT2D eigenvalue weighted by Gasteiger charge is 2.29. The van der Waals surface area contributed by atoms with E-state index in [0.29, 0.717) is 13.1 Å². The minimum Gasteiger partial charge on any atom is -0.332 e. The number of thiophene rings is 1. The van der Waals surface area contributed by atoms with Crippen LogP contribution in [-0.2, 0) is 17.9 Å². The summed E-state index contributed by atoms with van der Waals surface area (Å²) in [6, 6.07) is 18.1. The highest BCUT2D eigenvalue weighted by atomic mass is 32.1. The van der Waals surface area contributed by atoms with Crippen LogP contribution < -0.4 is 5.32 Å². The van der Waals surface area contributed by atoms with E-state index < -0.39 is 0 Å². The van der Waals surface area contributed by atoms with Gasteiger partial charge in [0.1, 0.15) is 6.54 Å². The Hall–Kier alpha value is -3.12. The first kappa shape index (κ1) is 26.0. The zero-order valence-electron chi connectivity index (χ0n) is 21.6. The van der Waals surface area contributed by atoms with E-state index in [2.05, 4.69) is 29.8 Å². The minimum atomic E-state index is -0.186. The molecule has 36 heavy (non-hydrogen) atoms. The molecule has 1 fully saturated rings. The molecule has 3 amide bonds. The van der Waals surface area contributed by atoms with Crippen LogP contribution >= 0.6 is 11.3 Å². The van der Waals surface area contributed by atoms with Gasteiger partial charge >= 0.3 is 6.03 Å². The van der Waals surface area contributed by atoms with Crippen molar-refractivity contribution in [3.05, 3.63) is 87.1 Å². The third-order valence-electron chi connectivity index (χ3n) is 7.08. The lowest BCUT2D eigenvalue weighted by atomic mass is 9.94. The van der Waals surface area contributed by atoms with Crippen molar-refractivity contribution < 1.29 is 9.59 Å². The Bertz CT molecular complexity index is 1170. The fraction of sp³-hybridized carbons (Fsp3) is 0.400. The van der Waals surface area contributed by atoms with Crippen molar-refractivity contribution in [2.75, 3.05) is 11.9 Å². The molecule has 190 valence electrons. The maximum atomic E-state index is 13.8. The number of carbonyl (C=O) groups is 2. The number of rotatable bonds is 8. The summed E-state index contributed by atoms with van der Waals surface area (Å²) >= 11 is 1.68. The normalized spacial score (nSPS) is 13.9. The molecule has 5 nitrogen and oxygen atoms in total. The molecule has 0 aliphatic heterocycles. The Balaban J connectivity index is 1.56. The van der Waals surface area contributed by atoms with E-state index in [9.17, 15) is 9.59 Å². The van der Waals surface area contributed by atoms with E-state index in [0.717, 1.165) is 48.1 Å². The minimum absolute atomic E-state index is 0.0204. The predicted molar refractivity (Wildman–Crippen MR) is 148 cm³/mol. The molecule has 1 saturated carbocycles. The van der Waals surface area contributed by atoms with Gasteiger partial charge in [-0.2, -0.15) is 0 Å². The van der Waals surface area contributed by atoms with Crippen LogP contribution in [0.5, 0.6) is 0 Å². The first-order valence-corrected chi connectivity index (χ1v) is 13.8. The second-order valence-electron chi connectivity index (χ2n) is 9.93.